The van der Waals surface area contributed by atoms with Gasteiger partial charge in [0.1, 0.15) is 0 Å². The lowest BCUT2D eigenvalue weighted by molar-refractivity contribution is -0.148. The maximum atomic E-state index is 11.6. The van der Waals surface area contributed by atoms with E-state index in [1.54, 1.807) is 12.1 Å². The monoisotopic (exact) mass is 297 g/mol. The molecular formula is C14H19NO6. The first-order chi connectivity index (χ1) is 9.97. The van der Waals surface area contributed by atoms with Gasteiger partial charge in [0.25, 0.3) is 5.91 Å². The first-order valence-corrected chi connectivity index (χ1v) is 6.27. The molecule has 0 saturated carbocycles. The van der Waals surface area contributed by atoms with Crippen LogP contribution < -0.4 is 14.8 Å². The van der Waals surface area contributed by atoms with Crippen molar-refractivity contribution in [2.24, 2.45) is 0 Å². The van der Waals surface area contributed by atoms with Crippen LogP contribution in [0, 0.1) is 6.92 Å². The summed E-state index contributed by atoms with van der Waals surface area (Å²) in [4.78, 5) is 22.3. The van der Waals surface area contributed by atoms with Gasteiger partial charge in [-0.25, -0.2) is 4.79 Å². The van der Waals surface area contributed by atoms with Gasteiger partial charge in [-0.3, -0.25) is 4.79 Å². The third-order valence-corrected chi connectivity index (χ3v) is 2.72. The molecule has 116 valence electrons. The lowest BCUT2D eigenvalue weighted by Crippen LogP contribution is -2.39. The number of carboxylic acids is 1. The highest BCUT2D eigenvalue weighted by Gasteiger charge is 2.17. The van der Waals surface area contributed by atoms with Crippen molar-refractivity contribution in [2.75, 3.05) is 27.4 Å². The number of benzene rings is 1. The highest BCUT2D eigenvalue weighted by molar-refractivity contribution is 5.79. The van der Waals surface area contributed by atoms with Crippen LogP contribution in [0.1, 0.15) is 5.56 Å². The van der Waals surface area contributed by atoms with E-state index in [4.69, 9.17) is 19.3 Å². The highest BCUT2D eigenvalue weighted by Crippen LogP contribution is 2.27. The zero-order valence-electron chi connectivity index (χ0n) is 12.2. The summed E-state index contributed by atoms with van der Waals surface area (Å²) in [5.41, 5.74) is 1.01. The second-order valence-corrected chi connectivity index (χ2v) is 4.31. The Balaban J connectivity index is 2.48. The molecule has 0 spiro atoms. The van der Waals surface area contributed by atoms with Gasteiger partial charge < -0.3 is 24.6 Å². The molecule has 1 unspecified atom stereocenters. The van der Waals surface area contributed by atoms with Crippen LogP contribution in [0.2, 0.25) is 0 Å². The Morgan fingerprint density at radius 3 is 2.57 bits per heavy atom. The number of hydrogen-bond donors (Lipinski definition) is 2. The summed E-state index contributed by atoms with van der Waals surface area (Å²) < 4.78 is 15.2. The van der Waals surface area contributed by atoms with E-state index in [9.17, 15) is 9.59 Å². The molecule has 0 saturated heterocycles. The van der Waals surface area contributed by atoms with Gasteiger partial charge in [-0.05, 0) is 24.6 Å². The van der Waals surface area contributed by atoms with Gasteiger partial charge >= 0.3 is 5.97 Å². The zero-order chi connectivity index (χ0) is 15.8. The Bertz CT molecular complexity index is 502. The molecule has 1 aromatic carbocycles. The van der Waals surface area contributed by atoms with Crippen LogP contribution in [0.4, 0.5) is 0 Å². The lowest BCUT2D eigenvalue weighted by atomic mass is 10.2. The first-order valence-electron chi connectivity index (χ1n) is 6.27. The van der Waals surface area contributed by atoms with Crippen molar-refractivity contribution >= 4 is 11.9 Å². The summed E-state index contributed by atoms with van der Waals surface area (Å²) in [6.07, 6.45) is -1.08. The molecule has 2 N–H and O–H groups in total. The van der Waals surface area contributed by atoms with Crippen LogP contribution in [-0.2, 0) is 14.3 Å². The fourth-order valence-corrected chi connectivity index (χ4v) is 1.57. The second-order valence-electron chi connectivity index (χ2n) is 4.31. The van der Waals surface area contributed by atoms with Crippen molar-refractivity contribution in [3.05, 3.63) is 23.8 Å². The molecule has 0 bridgehead atoms. The largest absolute Gasteiger partial charge is 0.493 e. The molecule has 0 radical (unpaired) electrons. The van der Waals surface area contributed by atoms with Crippen molar-refractivity contribution in [3.63, 3.8) is 0 Å². The lowest BCUT2D eigenvalue weighted by Gasteiger charge is -2.13. The fourth-order valence-electron chi connectivity index (χ4n) is 1.57. The second kappa shape index (κ2) is 8.11. The predicted octanol–water partition coefficient (Wildman–Crippen LogP) is 0.598. The Morgan fingerprint density at radius 2 is 2.00 bits per heavy atom. The summed E-state index contributed by atoms with van der Waals surface area (Å²) in [5.74, 6) is -0.609. The van der Waals surface area contributed by atoms with E-state index < -0.39 is 18.0 Å². The van der Waals surface area contributed by atoms with E-state index in [1.165, 1.54) is 14.2 Å². The molecule has 0 aliphatic heterocycles. The number of amides is 1. The first kappa shape index (κ1) is 16.8. The molecule has 0 aliphatic rings. The van der Waals surface area contributed by atoms with Gasteiger partial charge in [0.05, 0.1) is 13.7 Å². The Labute approximate surface area is 122 Å². The number of rotatable bonds is 8. The Kier molecular flexibility index (Phi) is 6.48. The summed E-state index contributed by atoms with van der Waals surface area (Å²) >= 11 is 0. The molecule has 1 amide bonds. The minimum atomic E-state index is -1.14. The average Bonchev–Trinajstić information content (AvgIpc) is 2.46. The van der Waals surface area contributed by atoms with Crippen molar-refractivity contribution in [3.8, 4) is 11.5 Å². The van der Waals surface area contributed by atoms with Gasteiger partial charge in [-0.2, -0.15) is 0 Å². The maximum Gasteiger partial charge on any atom is 0.334 e. The Morgan fingerprint density at radius 1 is 1.29 bits per heavy atom. The minimum absolute atomic E-state index is 0.126. The van der Waals surface area contributed by atoms with E-state index >= 15 is 0 Å². The maximum absolute atomic E-state index is 11.6. The van der Waals surface area contributed by atoms with E-state index in [0.717, 1.165) is 5.56 Å². The van der Waals surface area contributed by atoms with Gasteiger partial charge in [0, 0.05) is 7.11 Å². The minimum Gasteiger partial charge on any atom is -0.493 e. The molecular weight excluding hydrogens is 278 g/mol. The quantitative estimate of drug-likeness (QED) is 0.729. The molecule has 7 heteroatoms. The number of carbonyl (C=O) groups is 2. The summed E-state index contributed by atoms with van der Waals surface area (Å²) in [7, 11) is 2.77. The molecule has 0 heterocycles. The van der Waals surface area contributed by atoms with Gasteiger partial charge in [-0.15, -0.1) is 0 Å². The molecule has 7 nitrogen and oxygen atoms in total. The number of nitrogens with one attached hydrogen (secondary N) is 1. The summed E-state index contributed by atoms with van der Waals surface area (Å²) in [5, 5.41) is 11.2. The molecule has 0 aliphatic carbocycles. The number of aryl methyl sites for hydroxylation is 1. The van der Waals surface area contributed by atoms with Crippen LogP contribution in [0.25, 0.3) is 0 Å². The molecule has 1 aromatic rings. The van der Waals surface area contributed by atoms with Crippen molar-refractivity contribution in [2.45, 2.75) is 13.0 Å². The van der Waals surface area contributed by atoms with E-state index in [-0.39, 0.29) is 13.2 Å². The van der Waals surface area contributed by atoms with Crippen molar-refractivity contribution in [1.29, 1.82) is 0 Å². The normalized spacial score (nSPS) is 11.6. The third-order valence-electron chi connectivity index (χ3n) is 2.72. The van der Waals surface area contributed by atoms with Crippen molar-refractivity contribution < 1.29 is 28.9 Å². The van der Waals surface area contributed by atoms with Crippen LogP contribution in [0.5, 0.6) is 11.5 Å². The van der Waals surface area contributed by atoms with Gasteiger partial charge in [0.15, 0.2) is 24.2 Å². The van der Waals surface area contributed by atoms with Crippen LogP contribution in [0.3, 0.4) is 0 Å². The fraction of sp³-hybridized carbons (Fsp3) is 0.429. The van der Waals surface area contributed by atoms with Gasteiger partial charge in [0.2, 0.25) is 0 Å². The van der Waals surface area contributed by atoms with Crippen LogP contribution >= 0.6 is 0 Å². The van der Waals surface area contributed by atoms with Crippen LogP contribution in [0.15, 0.2) is 18.2 Å². The number of carboxylic acid groups (broad SMARTS) is 1. The number of aliphatic carboxylic acids is 1. The zero-order valence-corrected chi connectivity index (χ0v) is 12.2. The van der Waals surface area contributed by atoms with Crippen LogP contribution in [-0.4, -0.2) is 50.5 Å². The summed E-state index contributed by atoms with van der Waals surface area (Å²) in [6.45, 7) is 1.55. The third kappa shape index (κ3) is 5.31. The average molecular weight is 297 g/mol. The predicted molar refractivity (Wildman–Crippen MR) is 74.7 cm³/mol. The van der Waals surface area contributed by atoms with E-state index in [0.29, 0.717) is 11.5 Å². The Hall–Kier alpha value is -2.28. The molecule has 0 aromatic heterocycles. The number of methoxy groups -OCH3 is 2. The number of carbonyl (C=O) groups excluding carboxylic acids is 1. The van der Waals surface area contributed by atoms with Gasteiger partial charge in [-0.1, -0.05) is 6.07 Å². The highest BCUT2D eigenvalue weighted by atomic mass is 16.5. The number of ether oxygens (including phenoxy) is 3. The molecule has 21 heavy (non-hydrogen) atoms. The van der Waals surface area contributed by atoms with E-state index in [1.807, 2.05) is 13.0 Å². The molecule has 1 rings (SSSR count). The summed E-state index contributed by atoms with van der Waals surface area (Å²) in [6, 6.07) is 5.33. The topological polar surface area (TPSA) is 94.1 Å². The van der Waals surface area contributed by atoms with E-state index in [2.05, 4.69) is 5.32 Å². The standard InChI is InChI=1S/C14H19NO6/c1-9-4-5-10(11(6-9)19-2)21-8-13(16)15-7-12(20-3)14(17)18/h4-6,12H,7-8H2,1-3H3,(H,15,16)(H,17,18). The number of hydrogen-bond acceptors (Lipinski definition) is 5. The SMILES string of the molecule is COc1cc(C)ccc1OCC(=O)NCC(OC)C(=O)O. The van der Waals surface area contributed by atoms with Crippen molar-refractivity contribution in [1.82, 2.24) is 5.32 Å². The molecule has 0 fully saturated rings. The smallest absolute Gasteiger partial charge is 0.334 e. The molecule has 1 atom stereocenters.